The van der Waals surface area contributed by atoms with Gasteiger partial charge in [0, 0.05) is 11.6 Å². The lowest BCUT2D eigenvalue weighted by atomic mass is 9.95. The molecule has 3 aromatic rings. The molecule has 9 heteroatoms. The van der Waals surface area contributed by atoms with Gasteiger partial charge >= 0.3 is 5.91 Å². The second-order valence-electron chi connectivity index (χ2n) is 7.54. The number of aliphatic hydroxyl groups is 1. The number of benzene rings is 2. The first kappa shape index (κ1) is 22.9. The van der Waals surface area contributed by atoms with Crippen LogP contribution in [0.25, 0.3) is 5.76 Å². The first-order valence-corrected chi connectivity index (χ1v) is 10.6. The monoisotopic (exact) mass is 464 g/mol. The predicted molar refractivity (Wildman–Crippen MR) is 123 cm³/mol. The molecule has 1 aliphatic rings. The molecule has 0 unspecified atom stereocenters. The van der Waals surface area contributed by atoms with E-state index in [1.807, 2.05) is 6.92 Å². The molecule has 0 aliphatic carbocycles. The van der Waals surface area contributed by atoms with Crippen LogP contribution < -0.4 is 19.1 Å². The van der Waals surface area contributed by atoms with Gasteiger partial charge in [0.25, 0.3) is 5.78 Å². The Hall–Kier alpha value is -4.27. The molecular formula is C25H24N2O7. The number of hydrogen-bond acceptors (Lipinski definition) is 8. The van der Waals surface area contributed by atoms with Crippen molar-refractivity contribution in [3.05, 3.63) is 71.0 Å². The van der Waals surface area contributed by atoms with Crippen LogP contribution in [-0.4, -0.2) is 42.8 Å². The maximum atomic E-state index is 13.2. The summed E-state index contributed by atoms with van der Waals surface area (Å²) in [5, 5.41) is 15.2. The number of aromatic nitrogens is 1. The highest BCUT2D eigenvalue weighted by Crippen LogP contribution is 2.44. The van der Waals surface area contributed by atoms with E-state index in [0.29, 0.717) is 40.7 Å². The molecule has 2 aromatic carbocycles. The average Bonchev–Trinajstić information content (AvgIpc) is 3.39. The molecule has 0 spiro atoms. The lowest BCUT2D eigenvalue weighted by molar-refractivity contribution is -0.132. The number of amides is 1. The van der Waals surface area contributed by atoms with Crippen molar-refractivity contribution in [3.63, 3.8) is 0 Å². The van der Waals surface area contributed by atoms with Crippen molar-refractivity contribution in [3.8, 4) is 17.2 Å². The van der Waals surface area contributed by atoms with Gasteiger partial charge in [-0.2, -0.15) is 0 Å². The Labute approximate surface area is 196 Å². The minimum absolute atomic E-state index is 0.0925. The molecular weight excluding hydrogens is 440 g/mol. The normalized spacial score (nSPS) is 17.2. The lowest BCUT2D eigenvalue weighted by Gasteiger charge is -2.23. The number of ether oxygens (including phenoxy) is 3. The van der Waals surface area contributed by atoms with Crippen molar-refractivity contribution >= 4 is 23.3 Å². The van der Waals surface area contributed by atoms with Crippen LogP contribution in [0.4, 0.5) is 5.82 Å². The molecule has 1 atom stereocenters. The third kappa shape index (κ3) is 3.96. The molecule has 0 radical (unpaired) electrons. The van der Waals surface area contributed by atoms with Crippen LogP contribution in [0.15, 0.2) is 58.6 Å². The summed E-state index contributed by atoms with van der Waals surface area (Å²) < 4.78 is 21.5. The Morgan fingerprint density at radius 1 is 1.09 bits per heavy atom. The maximum absolute atomic E-state index is 13.2. The van der Waals surface area contributed by atoms with Gasteiger partial charge in [0.1, 0.15) is 17.3 Å². The molecule has 1 N–H and O–H groups in total. The Kier molecular flexibility index (Phi) is 6.27. The van der Waals surface area contributed by atoms with E-state index in [1.165, 1.54) is 19.1 Å². The molecule has 4 rings (SSSR count). The van der Waals surface area contributed by atoms with Crippen molar-refractivity contribution in [2.75, 3.05) is 25.7 Å². The molecule has 2 heterocycles. The Bertz CT molecular complexity index is 1280. The first-order chi connectivity index (χ1) is 16.4. The van der Waals surface area contributed by atoms with Gasteiger partial charge in [-0.05, 0) is 43.7 Å². The molecule has 34 heavy (non-hydrogen) atoms. The minimum atomic E-state index is -0.986. The molecule has 1 aromatic heterocycles. The summed E-state index contributed by atoms with van der Waals surface area (Å²) in [5.41, 5.74) is 0.756. The van der Waals surface area contributed by atoms with E-state index in [0.717, 1.165) is 0 Å². The number of aliphatic hydroxyl groups excluding tert-OH is 1. The summed E-state index contributed by atoms with van der Waals surface area (Å²) in [7, 11) is 2.99. The Morgan fingerprint density at radius 3 is 2.53 bits per heavy atom. The molecule has 1 saturated heterocycles. The highest BCUT2D eigenvalue weighted by molar-refractivity contribution is 6.51. The summed E-state index contributed by atoms with van der Waals surface area (Å²) in [6, 6.07) is 12.2. The van der Waals surface area contributed by atoms with Gasteiger partial charge in [-0.25, -0.2) is 0 Å². The SMILES string of the molecule is CCOc1ccc([C@H]2/C(=C(\O)c3cccc(OC)c3)C(=O)C(=O)N2c2cc(C)on2)cc1OC. The minimum Gasteiger partial charge on any atom is -0.507 e. The van der Waals surface area contributed by atoms with Crippen molar-refractivity contribution in [1.29, 1.82) is 0 Å². The molecule has 0 bridgehead atoms. The van der Waals surface area contributed by atoms with Gasteiger partial charge in [0.2, 0.25) is 0 Å². The number of ketones is 1. The van der Waals surface area contributed by atoms with Crippen LogP contribution in [0.3, 0.4) is 0 Å². The zero-order chi connectivity index (χ0) is 24.4. The predicted octanol–water partition coefficient (Wildman–Crippen LogP) is 4.03. The number of carbonyl (C=O) groups is 2. The number of nitrogens with zero attached hydrogens (tertiary/aromatic N) is 2. The molecule has 9 nitrogen and oxygen atoms in total. The molecule has 1 aliphatic heterocycles. The average molecular weight is 464 g/mol. The maximum Gasteiger partial charge on any atom is 0.301 e. The zero-order valence-electron chi connectivity index (χ0n) is 19.2. The van der Waals surface area contributed by atoms with Gasteiger partial charge in [0.15, 0.2) is 17.3 Å². The van der Waals surface area contributed by atoms with Gasteiger partial charge in [0.05, 0.1) is 32.4 Å². The molecule has 1 amide bonds. The highest BCUT2D eigenvalue weighted by atomic mass is 16.5. The number of anilines is 1. The Morgan fingerprint density at radius 2 is 1.88 bits per heavy atom. The smallest absolute Gasteiger partial charge is 0.301 e. The third-order valence-electron chi connectivity index (χ3n) is 5.45. The highest BCUT2D eigenvalue weighted by Gasteiger charge is 2.48. The molecule has 1 fully saturated rings. The van der Waals surface area contributed by atoms with E-state index in [4.69, 9.17) is 18.7 Å². The van der Waals surface area contributed by atoms with Crippen molar-refractivity contribution < 1.29 is 33.4 Å². The fraction of sp³-hybridized carbons (Fsp3) is 0.240. The van der Waals surface area contributed by atoms with E-state index in [-0.39, 0.29) is 17.2 Å². The van der Waals surface area contributed by atoms with Crippen LogP contribution in [0, 0.1) is 6.92 Å². The van der Waals surface area contributed by atoms with Crippen molar-refractivity contribution in [2.45, 2.75) is 19.9 Å². The summed E-state index contributed by atoms with van der Waals surface area (Å²) in [6.07, 6.45) is 0. The van der Waals surface area contributed by atoms with E-state index >= 15 is 0 Å². The molecule has 0 saturated carbocycles. The summed E-state index contributed by atoms with van der Waals surface area (Å²) in [5.74, 6) is 0.0187. The van der Waals surface area contributed by atoms with Gasteiger partial charge in [-0.15, -0.1) is 0 Å². The van der Waals surface area contributed by atoms with Crippen LogP contribution >= 0.6 is 0 Å². The number of aryl methyl sites for hydroxylation is 1. The fourth-order valence-corrected chi connectivity index (χ4v) is 3.91. The summed E-state index contributed by atoms with van der Waals surface area (Å²) in [6.45, 7) is 3.96. The second-order valence-corrected chi connectivity index (χ2v) is 7.54. The van der Waals surface area contributed by atoms with Crippen LogP contribution in [0.2, 0.25) is 0 Å². The topological polar surface area (TPSA) is 111 Å². The zero-order valence-corrected chi connectivity index (χ0v) is 19.2. The van der Waals surface area contributed by atoms with E-state index in [9.17, 15) is 14.7 Å². The number of carbonyl (C=O) groups excluding carboxylic acids is 2. The number of rotatable bonds is 7. The summed E-state index contributed by atoms with van der Waals surface area (Å²) in [4.78, 5) is 27.6. The standard InChI is InChI=1S/C25H24N2O7/c1-5-33-18-10-9-15(13-19(18)32-4)22-21(23(28)16-7-6-8-17(12-16)31-3)24(29)25(30)27(22)20-11-14(2)34-26-20/h6-13,22,28H,5H2,1-4H3/b23-21+/t22-/m0/s1. The van der Waals surface area contributed by atoms with Gasteiger partial charge in [-0.3, -0.25) is 14.5 Å². The van der Waals surface area contributed by atoms with E-state index in [2.05, 4.69) is 5.16 Å². The Balaban J connectivity index is 1.94. The van der Waals surface area contributed by atoms with Gasteiger partial charge in [-0.1, -0.05) is 23.4 Å². The van der Waals surface area contributed by atoms with Crippen LogP contribution in [0.5, 0.6) is 17.2 Å². The van der Waals surface area contributed by atoms with Crippen molar-refractivity contribution in [2.24, 2.45) is 0 Å². The van der Waals surface area contributed by atoms with E-state index in [1.54, 1.807) is 55.5 Å². The van der Waals surface area contributed by atoms with Crippen LogP contribution in [0.1, 0.15) is 29.9 Å². The third-order valence-corrected chi connectivity index (χ3v) is 5.45. The number of hydrogen-bond donors (Lipinski definition) is 1. The lowest BCUT2D eigenvalue weighted by Crippen LogP contribution is -2.29. The van der Waals surface area contributed by atoms with Gasteiger partial charge < -0.3 is 23.8 Å². The largest absolute Gasteiger partial charge is 0.507 e. The fourth-order valence-electron chi connectivity index (χ4n) is 3.91. The first-order valence-electron chi connectivity index (χ1n) is 10.6. The van der Waals surface area contributed by atoms with Crippen molar-refractivity contribution in [1.82, 2.24) is 5.16 Å². The molecule has 176 valence electrons. The van der Waals surface area contributed by atoms with E-state index < -0.39 is 17.7 Å². The number of Topliss-reactive ketones (excluding diaryl/α,β-unsaturated/α-hetero) is 1. The second kappa shape index (κ2) is 9.30. The summed E-state index contributed by atoms with van der Waals surface area (Å²) >= 11 is 0. The van der Waals surface area contributed by atoms with Crippen LogP contribution in [-0.2, 0) is 9.59 Å². The quantitative estimate of drug-likeness (QED) is 0.317. The number of methoxy groups -OCH3 is 2.